The van der Waals surface area contributed by atoms with Gasteiger partial charge in [0.25, 0.3) is 0 Å². The lowest BCUT2D eigenvalue weighted by molar-refractivity contribution is 1.29. The fraction of sp³-hybridized carbons (Fsp3) is 0. The summed E-state index contributed by atoms with van der Waals surface area (Å²) >= 11 is 0. The summed E-state index contributed by atoms with van der Waals surface area (Å²) in [7, 11) is 0. The number of hydrogen-bond donors (Lipinski definition) is 1. The van der Waals surface area contributed by atoms with E-state index in [4.69, 9.17) is 5.73 Å². The monoisotopic (exact) mass is 248 g/mol. The van der Waals surface area contributed by atoms with Crippen molar-refractivity contribution in [2.75, 3.05) is 5.73 Å². The first-order valence-corrected chi connectivity index (χ1v) is 5.91. The average Bonchev–Trinajstić information content (AvgIpc) is 2.49. The zero-order valence-electron chi connectivity index (χ0n) is 10.2. The van der Waals surface area contributed by atoms with Gasteiger partial charge in [0, 0.05) is 47.7 Å². The van der Waals surface area contributed by atoms with Crippen molar-refractivity contribution in [1.29, 1.82) is 0 Å². The van der Waals surface area contributed by atoms with Crippen molar-refractivity contribution in [3.05, 3.63) is 61.3 Å². The minimum Gasteiger partial charge on any atom is -0.383 e. The van der Waals surface area contributed by atoms with Crippen molar-refractivity contribution in [3.8, 4) is 22.3 Å². The van der Waals surface area contributed by atoms with Gasteiger partial charge >= 0.3 is 0 Å². The molecule has 0 fully saturated rings. The van der Waals surface area contributed by atoms with Gasteiger partial charge in [-0.3, -0.25) is 9.97 Å². The Morgan fingerprint density at radius 3 is 2.37 bits per heavy atom. The molecule has 4 nitrogen and oxygen atoms in total. The van der Waals surface area contributed by atoms with Crippen LogP contribution in [0.1, 0.15) is 0 Å². The average molecular weight is 248 g/mol. The van der Waals surface area contributed by atoms with E-state index >= 15 is 0 Å². The van der Waals surface area contributed by atoms with Crippen LogP contribution in [-0.4, -0.2) is 15.0 Å². The highest BCUT2D eigenvalue weighted by molar-refractivity contribution is 5.78. The van der Waals surface area contributed by atoms with Crippen molar-refractivity contribution in [3.63, 3.8) is 0 Å². The van der Waals surface area contributed by atoms with Gasteiger partial charge in [-0.05, 0) is 29.8 Å². The molecule has 0 spiro atoms. The van der Waals surface area contributed by atoms with Gasteiger partial charge in [0.1, 0.15) is 5.82 Å². The molecule has 4 heteroatoms. The van der Waals surface area contributed by atoms with Gasteiger partial charge in [0.2, 0.25) is 0 Å². The van der Waals surface area contributed by atoms with Crippen LogP contribution < -0.4 is 5.73 Å². The summed E-state index contributed by atoms with van der Waals surface area (Å²) in [6.45, 7) is 0. The largest absolute Gasteiger partial charge is 0.383 e. The van der Waals surface area contributed by atoms with Gasteiger partial charge in [-0.25, -0.2) is 4.98 Å². The molecule has 0 atom stereocenters. The van der Waals surface area contributed by atoms with Gasteiger partial charge in [0.05, 0.1) is 0 Å². The Balaban J connectivity index is 2.12. The van der Waals surface area contributed by atoms with Crippen molar-refractivity contribution in [1.82, 2.24) is 15.0 Å². The molecule has 0 bridgehead atoms. The maximum Gasteiger partial charge on any atom is 0.131 e. The molecule has 0 amide bonds. The van der Waals surface area contributed by atoms with Crippen LogP contribution in [0.25, 0.3) is 22.3 Å². The van der Waals surface area contributed by atoms with Gasteiger partial charge in [0.15, 0.2) is 0 Å². The predicted molar refractivity (Wildman–Crippen MR) is 75.1 cm³/mol. The number of nitrogens with zero attached hydrogens (tertiary/aromatic N) is 3. The van der Waals surface area contributed by atoms with Gasteiger partial charge in [-0.15, -0.1) is 0 Å². The van der Waals surface area contributed by atoms with Crippen LogP contribution in [0.2, 0.25) is 0 Å². The summed E-state index contributed by atoms with van der Waals surface area (Å²) < 4.78 is 0. The zero-order valence-corrected chi connectivity index (χ0v) is 10.2. The van der Waals surface area contributed by atoms with Crippen LogP contribution in [0.4, 0.5) is 5.82 Å². The molecular formula is C15H12N4. The van der Waals surface area contributed by atoms with Crippen LogP contribution >= 0.6 is 0 Å². The number of pyridine rings is 3. The number of rotatable bonds is 2. The molecule has 0 radical (unpaired) electrons. The number of nitrogen functional groups attached to an aromatic ring is 1. The number of aromatic nitrogens is 3. The highest BCUT2D eigenvalue weighted by Crippen LogP contribution is 2.28. The first-order valence-electron chi connectivity index (χ1n) is 5.91. The standard InChI is InChI=1S/C15H12N4/c16-15-14(12-2-1-5-18-9-12)8-13(10-19-15)11-3-6-17-7-4-11/h1-10H,(H2,16,19). The molecule has 92 valence electrons. The Bertz CT molecular complexity index is 681. The third-order valence-electron chi connectivity index (χ3n) is 2.90. The van der Waals surface area contributed by atoms with Crippen molar-refractivity contribution in [2.45, 2.75) is 0 Å². The van der Waals surface area contributed by atoms with Crippen LogP contribution in [0.5, 0.6) is 0 Å². The second kappa shape index (κ2) is 4.86. The first-order chi connectivity index (χ1) is 9.34. The maximum absolute atomic E-state index is 5.95. The van der Waals surface area contributed by atoms with E-state index in [0.717, 1.165) is 22.3 Å². The molecule has 0 aliphatic rings. The minimum absolute atomic E-state index is 0.505. The Morgan fingerprint density at radius 1 is 0.789 bits per heavy atom. The van der Waals surface area contributed by atoms with E-state index in [2.05, 4.69) is 15.0 Å². The quantitative estimate of drug-likeness (QED) is 0.757. The van der Waals surface area contributed by atoms with E-state index in [1.807, 2.05) is 30.3 Å². The fourth-order valence-corrected chi connectivity index (χ4v) is 1.93. The lowest BCUT2D eigenvalue weighted by Crippen LogP contribution is -1.95. The molecule has 0 saturated carbocycles. The third kappa shape index (κ3) is 2.28. The van der Waals surface area contributed by atoms with Crippen LogP contribution in [0.3, 0.4) is 0 Å². The molecule has 3 heterocycles. The molecule has 3 aromatic heterocycles. The van der Waals surface area contributed by atoms with Gasteiger partial charge in [-0.2, -0.15) is 0 Å². The Hall–Kier alpha value is -2.75. The molecule has 0 unspecified atom stereocenters. The molecular weight excluding hydrogens is 236 g/mol. The second-order valence-electron chi connectivity index (χ2n) is 4.13. The highest BCUT2D eigenvalue weighted by atomic mass is 14.8. The van der Waals surface area contributed by atoms with Gasteiger partial charge in [-0.1, -0.05) is 6.07 Å². The Kier molecular flexibility index (Phi) is 2.90. The second-order valence-corrected chi connectivity index (χ2v) is 4.13. The smallest absolute Gasteiger partial charge is 0.131 e. The normalized spacial score (nSPS) is 10.3. The van der Waals surface area contributed by atoms with Gasteiger partial charge < -0.3 is 5.73 Å². The van der Waals surface area contributed by atoms with Crippen LogP contribution in [-0.2, 0) is 0 Å². The van der Waals surface area contributed by atoms with E-state index in [9.17, 15) is 0 Å². The fourth-order valence-electron chi connectivity index (χ4n) is 1.93. The lowest BCUT2D eigenvalue weighted by Gasteiger charge is -2.07. The van der Waals surface area contributed by atoms with Crippen molar-refractivity contribution in [2.24, 2.45) is 0 Å². The van der Waals surface area contributed by atoms with Crippen LogP contribution in [0, 0.1) is 0 Å². The number of nitrogens with two attached hydrogens (primary N) is 1. The summed E-state index contributed by atoms with van der Waals surface area (Å²) in [6.07, 6.45) is 8.80. The molecule has 0 saturated heterocycles. The Labute approximate surface area is 111 Å². The summed E-state index contributed by atoms with van der Waals surface area (Å²) in [4.78, 5) is 12.4. The van der Waals surface area contributed by atoms with Crippen LogP contribution in [0.15, 0.2) is 61.3 Å². The van der Waals surface area contributed by atoms with E-state index in [1.165, 1.54) is 0 Å². The Morgan fingerprint density at radius 2 is 1.63 bits per heavy atom. The SMILES string of the molecule is Nc1ncc(-c2ccncc2)cc1-c1cccnc1. The summed E-state index contributed by atoms with van der Waals surface area (Å²) in [5.74, 6) is 0.505. The summed E-state index contributed by atoms with van der Waals surface area (Å²) in [5, 5.41) is 0. The highest BCUT2D eigenvalue weighted by Gasteiger charge is 2.06. The molecule has 0 aliphatic carbocycles. The molecule has 0 aromatic carbocycles. The predicted octanol–water partition coefficient (Wildman–Crippen LogP) is 2.79. The molecule has 19 heavy (non-hydrogen) atoms. The zero-order chi connectivity index (χ0) is 13.1. The third-order valence-corrected chi connectivity index (χ3v) is 2.90. The van der Waals surface area contributed by atoms with Crippen molar-refractivity contribution >= 4 is 5.82 Å². The minimum atomic E-state index is 0.505. The van der Waals surface area contributed by atoms with E-state index in [0.29, 0.717) is 5.82 Å². The molecule has 0 aliphatic heterocycles. The number of hydrogen-bond acceptors (Lipinski definition) is 4. The van der Waals surface area contributed by atoms with E-state index < -0.39 is 0 Å². The van der Waals surface area contributed by atoms with Crippen molar-refractivity contribution < 1.29 is 0 Å². The molecule has 3 aromatic rings. The summed E-state index contributed by atoms with van der Waals surface area (Å²) in [5.41, 5.74) is 9.87. The first kappa shape index (κ1) is 11.3. The topological polar surface area (TPSA) is 64.7 Å². The molecule has 3 rings (SSSR count). The number of anilines is 1. The lowest BCUT2D eigenvalue weighted by atomic mass is 10.0. The maximum atomic E-state index is 5.95. The molecule has 2 N–H and O–H groups in total. The van der Waals surface area contributed by atoms with E-state index in [-0.39, 0.29) is 0 Å². The van der Waals surface area contributed by atoms with E-state index in [1.54, 1.807) is 31.0 Å². The summed E-state index contributed by atoms with van der Waals surface area (Å²) in [6, 6.07) is 9.76.